The van der Waals surface area contributed by atoms with Crippen LogP contribution in [-0.2, 0) is 11.2 Å². The van der Waals surface area contributed by atoms with Gasteiger partial charge in [0.15, 0.2) is 5.96 Å². The van der Waals surface area contributed by atoms with Crippen molar-refractivity contribution in [3.63, 3.8) is 0 Å². The van der Waals surface area contributed by atoms with Crippen LogP contribution in [0.25, 0.3) is 10.9 Å². The van der Waals surface area contributed by atoms with Gasteiger partial charge in [0.2, 0.25) is 0 Å². The van der Waals surface area contributed by atoms with E-state index in [0.29, 0.717) is 13.1 Å². The van der Waals surface area contributed by atoms with E-state index >= 15 is 0 Å². The first kappa shape index (κ1) is 21.6. The maximum atomic E-state index is 11.6. The predicted molar refractivity (Wildman–Crippen MR) is 115 cm³/mol. The quantitative estimate of drug-likeness (QED) is 0.334. The number of aromatic amines is 1. The summed E-state index contributed by atoms with van der Waals surface area (Å²) in [6.45, 7) is 9.69. The van der Waals surface area contributed by atoms with E-state index < -0.39 is 5.60 Å². The van der Waals surface area contributed by atoms with Crippen LogP contribution in [0.1, 0.15) is 38.3 Å². The molecule has 0 aliphatic carbocycles. The number of rotatable bonds is 7. The molecule has 0 saturated carbocycles. The van der Waals surface area contributed by atoms with E-state index in [2.05, 4.69) is 57.2 Å². The lowest BCUT2D eigenvalue weighted by Gasteiger charge is -2.19. The summed E-state index contributed by atoms with van der Waals surface area (Å²) in [5.74, 6) is 0.757. The molecule has 2 rings (SSSR count). The number of amides is 1. The second kappa shape index (κ2) is 10.0. The Hall–Kier alpha value is -2.70. The molecule has 154 valence electrons. The highest BCUT2D eigenvalue weighted by atomic mass is 16.6. The van der Waals surface area contributed by atoms with Gasteiger partial charge in [-0.25, -0.2) is 4.79 Å². The summed E-state index contributed by atoms with van der Waals surface area (Å²) in [6.07, 6.45) is 3.37. The first-order chi connectivity index (χ1) is 13.3. The van der Waals surface area contributed by atoms with Crippen LogP contribution in [0.4, 0.5) is 4.79 Å². The molecule has 7 heteroatoms. The number of fused-ring (bicyclic) bond motifs is 1. The van der Waals surface area contributed by atoms with Gasteiger partial charge in [0.05, 0.1) is 0 Å². The number of H-pyrrole nitrogens is 1. The average molecular weight is 388 g/mol. The van der Waals surface area contributed by atoms with Crippen LogP contribution in [0, 0.1) is 6.92 Å². The number of aryl methyl sites for hydroxylation is 1. The highest BCUT2D eigenvalue weighted by Gasteiger charge is 2.15. The number of guanidine groups is 1. The van der Waals surface area contributed by atoms with Crippen LogP contribution in [0.3, 0.4) is 0 Å². The summed E-state index contributed by atoms with van der Waals surface area (Å²) < 4.78 is 5.20. The SMILES string of the molecule is CN=C(NCCCNC(=O)OC(C)(C)C)NCCc1c[nH]c2cc(C)ccc12. The van der Waals surface area contributed by atoms with E-state index in [4.69, 9.17) is 4.74 Å². The van der Waals surface area contributed by atoms with Gasteiger partial charge in [-0.1, -0.05) is 12.1 Å². The van der Waals surface area contributed by atoms with Crippen molar-refractivity contribution in [1.29, 1.82) is 0 Å². The van der Waals surface area contributed by atoms with Crippen LogP contribution in [0.2, 0.25) is 0 Å². The van der Waals surface area contributed by atoms with E-state index in [0.717, 1.165) is 25.3 Å². The Morgan fingerprint density at radius 2 is 1.86 bits per heavy atom. The third-order valence-corrected chi connectivity index (χ3v) is 4.15. The zero-order chi connectivity index (χ0) is 20.6. The average Bonchev–Trinajstić information content (AvgIpc) is 3.00. The monoisotopic (exact) mass is 387 g/mol. The number of carbonyl (C=O) groups excluding carboxylic acids is 1. The molecule has 0 aliphatic heterocycles. The van der Waals surface area contributed by atoms with Gasteiger partial charge in [-0.3, -0.25) is 4.99 Å². The molecule has 0 saturated heterocycles. The summed E-state index contributed by atoms with van der Waals surface area (Å²) in [4.78, 5) is 19.2. The minimum atomic E-state index is -0.474. The molecule has 0 spiro atoms. The number of aromatic nitrogens is 1. The normalized spacial score (nSPS) is 12.1. The maximum absolute atomic E-state index is 11.6. The largest absolute Gasteiger partial charge is 0.444 e. The molecule has 0 atom stereocenters. The number of nitrogens with one attached hydrogen (secondary N) is 4. The standard InChI is InChI=1S/C21H33N5O2/c1-15-7-8-17-16(14-26-18(17)13-15)9-12-24-19(22-5)23-10-6-11-25-20(27)28-21(2,3)4/h7-8,13-14,26H,6,9-12H2,1-5H3,(H,25,27)(H2,22,23,24). The summed E-state index contributed by atoms with van der Waals surface area (Å²) >= 11 is 0. The second-order valence-electron chi connectivity index (χ2n) is 7.82. The fourth-order valence-electron chi connectivity index (χ4n) is 2.84. The molecule has 1 amide bonds. The highest BCUT2D eigenvalue weighted by molar-refractivity contribution is 5.84. The molecule has 0 bridgehead atoms. The minimum Gasteiger partial charge on any atom is -0.444 e. The Kier molecular flexibility index (Phi) is 7.72. The molecule has 1 heterocycles. The first-order valence-corrected chi connectivity index (χ1v) is 9.76. The highest BCUT2D eigenvalue weighted by Crippen LogP contribution is 2.19. The molecule has 0 aliphatic rings. The van der Waals surface area contributed by atoms with Gasteiger partial charge in [0.25, 0.3) is 0 Å². The number of hydrogen-bond acceptors (Lipinski definition) is 3. The van der Waals surface area contributed by atoms with Crippen LogP contribution in [0.5, 0.6) is 0 Å². The van der Waals surface area contributed by atoms with Gasteiger partial charge in [0, 0.05) is 43.8 Å². The molecule has 2 aromatic rings. The smallest absolute Gasteiger partial charge is 0.407 e. The number of hydrogen-bond donors (Lipinski definition) is 4. The van der Waals surface area contributed by atoms with Crippen LogP contribution in [0.15, 0.2) is 29.4 Å². The molecule has 0 unspecified atom stereocenters. The molecule has 1 aromatic carbocycles. The molecule has 0 radical (unpaired) electrons. The van der Waals surface area contributed by atoms with Gasteiger partial charge >= 0.3 is 6.09 Å². The maximum Gasteiger partial charge on any atom is 0.407 e. The molecule has 28 heavy (non-hydrogen) atoms. The third-order valence-electron chi connectivity index (χ3n) is 4.15. The van der Waals surface area contributed by atoms with E-state index in [9.17, 15) is 4.79 Å². The lowest BCUT2D eigenvalue weighted by Crippen LogP contribution is -2.40. The summed E-state index contributed by atoms with van der Waals surface area (Å²) in [5, 5.41) is 10.6. The van der Waals surface area contributed by atoms with E-state index in [-0.39, 0.29) is 6.09 Å². The Morgan fingerprint density at radius 1 is 1.14 bits per heavy atom. The molecule has 0 fully saturated rings. The molecule has 7 nitrogen and oxygen atoms in total. The lowest BCUT2D eigenvalue weighted by molar-refractivity contribution is 0.0527. The number of aliphatic imine (C=N–C) groups is 1. The van der Waals surface area contributed by atoms with Crippen molar-refractivity contribution in [3.05, 3.63) is 35.5 Å². The van der Waals surface area contributed by atoms with Gasteiger partial charge in [-0.15, -0.1) is 0 Å². The summed E-state index contributed by atoms with van der Waals surface area (Å²) in [7, 11) is 1.75. The predicted octanol–water partition coefficient (Wildman–Crippen LogP) is 3.10. The van der Waals surface area contributed by atoms with E-state index in [1.807, 2.05) is 20.8 Å². The third kappa shape index (κ3) is 7.13. The van der Waals surface area contributed by atoms with Crippen molar-refractivity contribution in [2.45, 2.75) is 46.1 Å². The number of alkyl carbamates (subject to hydrolysis) is 1. The minimum absolute atomic E-state index is 0.385. The zero-order valence-electron chi connectivity index (χ0n) is 17.6. The van der Waals surface area contributed by atoms with Crippen molar-refractivity contribution >= 4 is 23.0 Å². The Morgan fingerprint density at radius 3 is 2.57 bits per heavy atom. The Balaban J connectivity index is 1.65. The number of nitrogens with zero attached hydrogens (tertiary/aromatic N) is 1. The van der Waals surface area contributed by atoms with Gasteiger partial charge < -0.3 is 25.7 Å². The molecular formula is C21H33N5O2. The second-order valence-corrected chi connectivity index (χ2v) is 7.82. The van der Waals surface area contributed by atoms with Crippen LogP contribution < -0.4 is 16.0 Å². The molecule has 4 N–H and O–H groups in total. The van der Waals surface area contributed by atoms with E-state index in [1.54, 1.807) is 7.05 Å². The topological polar surface area (TPSA) is 90.5 Å². The summed E-state index contributed by atoms with van der Waals surface area (Å²) in [5.41, 5.74) is 3.25. The van der Waals surface area contributed by atoms with Crippen molar-refractivity contribution in [2.24, 2.45) is 4.99 Å². The van der Waals surface area contributed by atoms with Crippen LogP contribution >= 0.6 is 0 Å². The van der Waals surface area contributed by atoms with Crippen molar-refractivity contribution < 1.29 is 9.53 Å². The lowest BCUT2D eigenvalue weighted by atomic mass is 10.1. The number of ether oxygens (including phenoxy) is 1. The van der Waals surface area contributed by atoms with Crippen molar-refractivity contribution in [2.75, 3.05) is 26.7 Å². The van der Waals surface area contributed by atoms with Crippen molar-refractivity contribution in [3.8, 4) is 0 Å². The fourth-order valence-corrected chi connectivity index (χ4v) is 2.84. The van der Waals surface area contributed by atoms with Crippen LogP contribution in [-0.4, -0.2) is 49.3 Å². The number of carbonyl (C=O) groups is 1. The van der Waals surface area contributed by atoms with Crippen molar-refractivity contribution in [1.82, 2.24) is 20.9 Å². The van der Waals surface area contributed by atoms with Gasteiger partial charge in [-0.05, 0) is 57.7 Å². The molecule has 1 aromatic heterocycles. The van der Waals surface area contributed by atoms with Gasteiger partial charge in [-0.2, -0.15) is 0 Å². The van der Waals surface area contributed by atoms with Gasteiger partial charge in [0.1, 0.15) is 5.60 Å². The number of benzene rings is 1. The summed E-state index contributed by atoms with van der Waals surface area (Å²) in [6, 6.07) is 6.47. The Bertz CT molecular complexity index is 805. The fraction of sp³-hybridized carbons (Fsp3) is 0.524. The zero-order valence-corrected chi connectivity index (χ0v) is 17.6. The molecular weight excluding hydrogens is 354 g/mol. The Labute approximate surface area is 167 Å². The van der Waals surface area contributed by atoms with E-state index in [1.165, 1.54) is 22.0 Å². The first-order valence-electron chi connectivity index (χ1n) is 9.76.